The molecule has 1 saturated heterocycles. The Labute approximate surface area is 174 Å². The molecule has 0 amide bonds. The number of nitrogens with zero attached hydrogens (tertiary/aromatic N) is 3. The molecule has 1 aliphatic carbocycles. The lowest BCUT2D eigenvalue weighted by molar-refractivity contribution is 0.0395. The number of aliphatic imine (C=N–C) groups is 2. The summed E-state index contributed by atoms with van der Waals surface area (Å²) in [4.78, 5) is 11.0. The molecule has 2 aliphatic rings. The van der Waals surface area contributed by atoms with E-state index < -0.39 is 10.1 Å². The number of hydrogen-bond donors (Lipinski definition) is 1. The highest BCUT2D eigenvalue weighted by atomic mass is 32.2. The van der Waals surface area contributed by atoms with Crippen molar-refractivity contribution in [1.29, 1.82) is 0 Å². The molecule has 7 nitrogen and oxygen atoms in total. The summed E-state index contributed by atoms with van der Waals surface area (Å²) in [5.41, 5.74) is 1.85. The van der Waals surface area contributed by atoms with Gasteiger partial charge in [0.15, 0.2) is 0 Å². The fourth-order valence-corrected chi connectivity index (χ4v) is 3.84. The van der Waals surface area contributed by atoms with Gasteiger partial charge in [0.25, 0.3) is 10.1 Å². The maximum absolute atomic E-state index is 10.7. The molecular weight excluding hydrogens is 390 g/mol. The van der Waals surface area contributed by atoms with Crippen molar-refractivity contribution in [2.24, 2.45) is 9.98 Å². The van der Waals surface area contributed by atoms with E-state index in [2.05, 4.69) is 20.9 Å². The Hall–Kier alpha value is -1.57. The van der Waals surface area contributed by atoms with Crippen LogP contribution >= 0.6 is 0 Å². The Balaban J connectivity index is 0.000000221. The second-order valence-electron chi connectivity index (χ2n) is 7.58. The van der Waals surface area contributed by atoms with Gasteiger partial charge in [-0.05, 0) is 49.9 Å². The van der Waals surface area contributed by atoms with Crippen LogP contribution in [0.2, 0.25) is 0 Å². The highest BCUT2D eigenvalue weighted by molar-refractivity contribution is 7.85. The van der Waals surface area contributed by atoms with E-state index in [0.717, 1.165) is 50.5 Å². The molecule has 0 bridgehead atoms. The van der Waals surface area contributed by atoms with Crippen molar-refractivity contribution in [2.45, 2.75) is 56.9 Å². The molecule has 1 heterocycles. The van der Waals surface area contributed by atoms with E-state index in [0.29, 0.717) is 6.04 Å². The Morgan fingerprint density at radius 1 is 1.14 bits per heavy atom. The zero-order valence-electron chi connectivity index (χ0n) is 17.5. The summed E-state index contributed by atoms with van der Waals surface area (Å²) >= 11 is 0. The summed E-state index contributed by atoms with van der Waals surface area (Å²) in [6.07, 6.45) is 6.48. The standard InChI is InChI=1S/C13H23N3O.C8H10O3S/c1-2-4-13(5-3-1)15-12-14-6-7-16-8-10-17-11-9-16;1-6-3-4-8(5-7(6)2)12(9,10)11/h13H,1-11H2;3-5H,1-2H3,(H,9,10,11). The van der Waals surface area contributed by atoms with Gasteiger partial charge in [-0.25, -0.2) is 9.98 Å². The highest BCUT2D eigenvalue weighted by Crippen LogP contribution is 2.19. The lowest BCUT2D eigenvalue weighted by Crippen LogP contribution is -2.37. The second kappa shape index (κ2) is 12.2. The van der Waals surface area contributed by atoms with Gasteiger partial charge in [-0.15, -0.1) is 0 Å². The normalized spacial score (nSPS) is 18.3. The summed E-state index contributed by atoms with van der Waals surface area (Å²) in [5.74, 6) is 0. The van der Waals surface area contributed by atoms with Crippen LogP contribution in [0.15, 0.2) is 33.1 Å². The SMILES string of the molecule is C(=NCCN1CCOCC1)=NC1CCCCC1.Cc1ccc(S(=O)(=O)O)cc1C. The van der Waals surface area contributed by atoms with Crippen LogP contribution in [-0.4, -0.2) is 69.3 Å². The summed E-state index contributed by atoms with van der Waals surface area (Å²) in [7, 11) is -4.04. The van der Waals surface area contributed by atoms with Crippen LogP contribution in [-0.2, 0) is 14.9 Å². The molecule has 0 spiro atoms. The van der Waals surface area contributed by atoms with Crippen molar-refractivity contribution in [2.75, 3.05) is 39.4 Å². The number of rotatable bonds is 5. The summed E-state index contributed by atoms with van der Waals surface area (Å²) in [5, 5.41) is 0. The zero-order chi connectivity index (χ0) is 21.1. The highest BCUT2D eigenvalue weighted by Gasteiger charge is 2.11. The topological polar surface area (TPSA) is 91.6 Å². The first-order valence-corrected chi connectivity index (χ1v) is 11.8. The number of benzene rings is 1. The Morgan fingerprint density at radius 3 is 2.45 bits per heavy atom. The summed E-state index contributed by atoms with van der Waals surface area (Å²) in [6, 6.07) is 7.88. The van der Waals surface area contributed by atoms with E-state index in [-0.39, 0.29) is 4.90 Å². The minimum absolute atomic E-state index is 0.0504. The molecule has 0 radical (unpaired) electrons. The maximum Gasteiger partial charge on any atom is 0.294 e. The van der Waals surface area contributed by atoms with Crippen LogP contribution in [0.3, 0.4) is 0 Å². The van der Waals surface area contributed by atoms with Gasteiger partial charge in [0.1, 0.15) is 0 Å². The second-order valence-corrected chi connectivity index (χ2v) is 9.00. The number of ether oxygens (including phenoxy) is 1. The van der Waals surface area contributed by atoms with E-state index in [9.17, 15) is 8.42 Å². The van der Waals surface area contributed by atoms with Crippen molar-refractivity contribution >= 4 is 16.1 Å². The largest absolute Gasteiger partial charge is 0.379 e. The Bertz CT molecular complexity index is 792. The average molecular weight is 424 g/mol. The van der Waals surface area contributed by atoms with Gasteiger partial charge >= 0.3 is 0 Å². The van der Waals surface area contributed by atoms with Gasteiger partial charge in [-0.3, -0.25) is 9.45 Å². The fourth-order valence-electron chi connectivity index (χ4n) is 3.27. The van der Waals surface area contributed by atoms with Crippen LogP contribution in [0.4, 0.5) is 0 Å². The monoisotopic (exact) mass is 423 g/mol. The molecule has 8 heteroatoms. The van der Waals surface area contributed by atoms with E-state index in [1.165, 1.54) is 44.2 Å². The van der Waals surface area contributed by atoms with Crippen molar-refractivity contribution in [1.82, 2.24) is 4.90 Å². The number of morpholine rings is 1. The predicted octanol–water partition coefficient (Wildman–Crippen LogP) is 3.38. The van der Waals surface area contributed by atoms with Gasteiger partial charge in [-0.1, -0.05) is 25.3 Å². The van der Waals surface area contributed by atoms with Crippen LogP contribution in [0.25, 0.3) is 0 Å². The molecule has 29 heavy (non-hydrogen) atoms. The van der Waals surface area contributed by atoms with E-state index in [1.54, 1.807) is 13.0 Å². The minimum Gasteiger partial charge on any atom is -0.379 e. The first-order valence-electron chi connectivity index (χ1n) is 10.3. The van der Waals surface area contributed by atoms with Gasteiger partial charge < -0.3 is 4.74 Å². The maximum atomic E-state index is 10.7. The first kappa shape index (κ1) is 23.7. The molecule has 0 aromatic heterocycles. The molecule has 0 atom stereocenters. The van der Waals surface area contributed by atoms with Crippen LogP contribution in [0.1, 0.15) is 43.2 Å². The molecule has 1 saturated carbocycles. The predicted molar refractivity (Wildman–Crippen MR) is 115 cm³/mol. The molecule has 3 rings (SSSR count). The molecule has 0 unspecified atom stereocenters. The van der Waals surface area contributed by atoms with Crippen LogP contribution in [0, 0.1) is 13.8 Å². The lowest BCUT2D eigenvalue weighted by Gasteiger charge is -2.25. The smallest absolute Gasteiger partial charge is 0.294 e. The third-order valence-electron chi connectivity index (χ3n) is 5.29. The molecular formula is C21H33N3O4S. The third kappa shape index (κ3) is 9.19. The van der Waals surface area contributed by atoms with E-state index >= 15 is 0 Å². The van der Waals surface area contributed by atoms with E-state index in [4.69, 9.17) is 9.29 Å². The van der Waals surface area contributed by atoms with Crippen molar-refractivity contribution < 1.29 is 17.7 Å². The van der Waals surface area contributed by atoms with Crippen LogP contribution < -0.4 is 0 Å². The van der Waals surface area contributed by atoms with Crippen molar-refractivity contribution in [3.8, 4) is 0 Å². The average Bonchev–Trinajstić information content (AvgIpc) is 2.71. The van der Waals surface area contributed by atoms with Gasteiger partial charge in [0.05, 0.1) is 36.7 Å². The van der Waals surface area contributed by atoms with Crippen LogP contribution in [0.5, 0.6) is 0 Å². The van der Waals surface area contributed by atoms with Gasteiger partial charge in [-0.2, -0.15) is 8.42 Å². The minimum atomic E-state index is -4.04. The lowest BCUT2D eigenvalue weighted by atomic mass is 9.96. The number of hydrogen-bond acceptors (Lipinski definition) is 6. The third-order valence-corrected chi connectivity index (χ3v) is 6.14. The molecule has 1 aliphatic heterocycles. The molecule has 1 N–H and O–H groups in total. The van der Waals surface area contributed by atoms with Gasteiger partial charge in [0, 0.05) is 19.6 Å². The Morgan fingerprint density at radius 2 is 1.83 bits per heavy atom. The van der Waals surface area contributed by atoms with Crippen molar-refractivity contribution in [3.05, 3.63) is 29.3 Å². The molecule has 1 aromatic rings. The molecule has 1 aromatic carbocycles. The summed E-state index contributed by atoms with van der Waals surface area (Å²) < 4.78 is 35.3. The van der Waals surface area contributed by atoms with E-state index in [1.807, 2.05) is 6.92 Å². The molecule has 162 valence electrons. The Kier molecular flexibility index (Phi) is 9.97. The van der Waals surface area contributed by atoms with Gasteiger partial charge in [0.2, 0.25) is 0 Å². The molecule has 2 fully saturated rings. The first-order chi connectivity index (χ1) is 13.9. The fraction of sp³-hybridized carbons (Fsp3) is 0.667. The number of aryl methyl sites for hydroxylation is 2. The quantitative estimate of drug-likeness (QED) is 0.579. The van der Waals surface area contributed by atoms with Crippen molar-refractivity contribution in [3.63, 3.8) is 0 Å². The summed E-state index contributed by atoms with van der Waals surface area (Å²) in [6.45, 7) is 9.30. The zero-order valence-corrected chi connectivity index (χ0v) is 18.3.